The SMILES string of the molecule is COc1ccc(C)c(-c2c(C(C)C)cc(C(C)C)cc2C(C)C)c1P(C(C)(C)C)C(C)(C)C.CS(=O)(=O)[O-].Nc1ccccc1-c1[c-]cccc1.[Pd+2]. The summed E-state index contributed by atoms with van der Waals surface area (Å²) in [5.74, 6) is 2.46. The molecule has 0 saturated heterocycles. The average molecular weight is 838 g/mol. The van der Waals surface area contributed by atoms with E-state index < -0.39 is 18.0 Å². The summed E-state index contributed by atoms with van der Waals surface area (Å²) >= 11 is 0. The molecule has 0 bridgehead atoms. The molecule has 2 N–H and O–H groups in total. The quantitative estimate of drug-likeness (QED) is 0.0658. The number of hydrogen-bond acceptors (Lipinski definition) is 5. The van der Waals surface area contributed by atoms with Crippen molar-refractivity contribution in [3.05, 3.63) is 101 Å². The van der Waals surface area contributed by atoms with E-state index in [4.69, 9.17) is 23.4 Å². The number of ether oxygens (including phenoxy) is 1. The molecule has 4 rings (SSSR count). The van der Waals surface area contributed by atoms with E-state index in [0.29, 0.717) is 24.0 Å². The molecule has 0 aliphatic carbocycles. The van der Waals surface area contributed by atoms with Crippen molar-refractivity contribution in [3.63, 3.8) is 0 Å². The molecular weight excluding hydrogens is 776 g/mol. The topological polar surface area (TPSA) is 92.5 Å². The zero-order valence-electron chi connectivity index (χ0n) is 34.0. The summed E-state index contributed by atoms with van der Waals surface area (Å²) in [5, 5.41) is 1.74. The summed E-state index contributed by atoms with van der Waals surface area (Å²) in [7, 11) is -2.61. The summed E-state index contributed by atoms with van der Waals surface area (Å²) in [6, 6.07) is 28.2. The summed E-state index contributed by atoms with van der Waals surface area (Å²) < 4.78 is 33.3. The van der Waals surface area contributed by atoms with Gasteiger partial charge in [-0.15, -0.1) is 35.9 Å². The average Bonchev–Trinajstić information content (AvgIpc) is 2.99. The number of benzene rings is 4. The molecule has 0 aliphatic heterocycles. The standard InChI is InChI=1S/C31H49OP.C12H10N.CH4O3S.Pd/c1-19(2)23-17-24(20(3)4)28(25(18-23)21(5)6)27-22(7)15-16-26(32-14)29(27)33(30(8,9)10)31(11,12)13;13-12-9-5-4-8-11(12)10-6-2-1-3-7-10;1-5(2,3)4;/h15-21H,1-14H3;1-6,8-9H,13H2;1H3,(H,2,3,4);/q;-1;;+2/p-1. The predicted octanol–water partition coefficient (Wildman–Crippen LogP) is 11.6. The maximum absolute atomic E-state index is 9.08. The van der Waals surface area contributed by atoms with Crippen molar-refractivity contribution in [2.24, 2.45) is 0 Å². The molecule has 4 aromatic rings. The maximum atomic E-state index is 9.08. The molecule has 0 aromatic heterocycles. The second-order valence-electron chi connectivity index (χ2n) is 16.1. The number of anilines is 1. The first-order valence-electron chi connectivity index (χ1n) is 17.8. The van der Waals surface area contributed by atoms with Crippen LogP contribution in [0, 0.1) is 13.0 Å². The van der Waals surface area contributed by atoms with Crippen LogP contribution in [0.3, 0.4) is 0 Å². The van der Waals surface area contributed by atoms with Crippen LogP contribution in [0.25, 0.3) is 22.3 Å². The van der Waals surface area contributed by atoms with E-state index in [1.807, 2.05) is 55.6 Å². The van der Waals surface area contributed by atoms with E-state index >= 15 is 0 Å². The van der Waals surface area contributed by atoms with Gasteiger partial charge < -0.3 is 15.0 Å². The van der Waals surface area contributed by atoms with Gasteiger partial charge in [0.1, 0.15) is 5.75 Å². The van der Waals surface area contributed by atoms with Gasteiger partial charge in [0.2, 0.25) is 0 Å². The third kappa shape index (κ3) is 13.4. The van der Waals surface area contributed by atoms with E-state index in [0.717, 1.165) is 22.6 Å². The number of nitrogens with two attached hydrogens (primary N) is 1. The van der Waals surface area contributed by atoms with E-state index in [1.54, 1.807) is 0 Å². The van der Waals surface area contributed by atoms with Gasteiger partial charge in [-0.3, -0.25) is 0 Å². The second-order valence-corrected chi connectivity index (χ2v) is 21.3. The second kappa shape index (κ2) is 19.7. The molecule has 4 aromatic carbocycles. The Morgan fingerprint density at radius 3 is 1.63 bits per heavy atom. The fraction of sp³-hybridized carbons (Fsp3) is 0.455. The Balaban J connectivity index is 0.000000581. The molecule has 0 spiro atoms. The molecule has 0 fully saturated rings. The van der Waals surface area contributed by atoms with Crippen molar-refractivity contribution in [1.82, 2.24) is 0 Å². The van der Waals surface area contributed by atoms with Gasteiger partial charge in [-0.05, 0) is 86.2 Å². The zero-order chi connectivity index (χ0) is 39.1. The van der Waals surface area contributed by atoms with Crippen LogP contribution < -0.4 is 15.8 Å². The molecule has 0 heterocycles. The van der Waals surface area contributed by atoms with Crippen molar-refractivity contribution in [1.29, 1.82) is 0 Å². The predicted molar refractivity (Wildman–Crippen MR) is 222 cm³/mol. The monoisotopic (exact) mass is 837 g/mol. The first-order chi connectivity index (χ1) is 23.4. The minimum absolute atomic E-state index is 0. The van der Waals surface area contributed by atoms with Gasteiger partial charge >= 0.3 is 20.4 Å². The molecule has 0 unspecified atom stereocenters. The number of rotatable bonds is 7. The van der Waals surface area contributed by atoms with E-state index in [2.05, 4.69) is 120 Å². The Labute approximate surface area is 331 Å². The van der Waals surface area contributed by atoms with Crippen LogP contribution in [0.15, 0.2) is 72.8 Å². The normalized spacial score (nSPS) is 11.8. The van der Waals surface area contributed by atoms with Gasteiger partial charge in [0.25, 0.3) is 0 Å². The fourth-order valence-corrected chi connectivity index (χ4v) is 10.9. The molecule has 5 nitrogen and oxygen atoms in total. The third-order valence-electron chi connectivity index (χ3n) is 8.48. The first-order valence-corrected chi connectivity index (χ1v) is 20.9. The minimum atomic E-state index is -3.92. The van der Waals surface area contributed by atoms with Gasteiger partial charge in [0, 0.05) is 11.6 Å². The molecule has 288 valence electrons. The summed E-state index contributed by atoms with van der Waals surface area (Å²) in [4.78, 5) is 0. The van der Waals surface area contributed by atoms with Gasteiger partial charge in [-0.2, -0.15) is 0 Å². The van der Waals surface area contributed by atoms with Gasteiger partial charge in [0.05, 0.1) is 17.2 Å². The Hall–Kier alpha value is -2.52. The molecule has 0 saturated carbocycles. The van der Waals surface area contributed by atoms with Crippen molar-refractivity contribution in [2.75, 3.05) is 19.1 Å². The van der Waals surface area contributed by atoms with Crippen molar-refractivity contribution in [2.45, 2.75) is 118 Å². The summed E-state index contributed by atoms with van der Waals surface area (Å²) in [6.07, 6.45) is 0.604. The van der Waals surface area contributed by atoms with Gasteiger partial charge in [0.15, 0.2) is 0 Å². The van der Waals surface area contributed by atoms with Crippen LogP contribution in [0.2, 0.25) is 0 Å². The molecule has 0 atom stereocenters. The van der Waals surface area contributed by atoms with Crippen molar-refractivity contribution in [3.8, 4) is 28.0 Å². The molecular formula is C44H62NO4PPdS. The maximum Gasteiger partial charge on any atom is 2.00 e. The molecule has 52 heavy (non-hydrogen) atoms. The van der Waals surface area contributed by atoms with Gasteiger partial charge in [-0.1, -0.05) is 133 Å². The third-order valence-corrected chi connectivity index (χ3v) is 12.1. The van der Waals surface area contributed by atoms with Crippen molar-refractivity contribution < 1.29 is 38.1 Å². The van der Waals surface area contributed by atoms with E-state index in [-0.39, 0.29) is 30.7 Å². The smallest absolute Gasteiger partial charge is 0.748 e. The fourth-order valence-electron chi connectivity index (χ4n) is 6.60. The number of para-hydroxylation sites is 1. The molecule has 0 aliphatic rings. The molecule has 8 heteroatoms. The van der Waals surface area contributed by atoms with E-state index in [1.165, 1.54) is 38.7 Å². The largest absolute Gasteiger partial charge is 2.00 e. The summed E-state index contributed by atoms with van der Waals surface area (Å²) in [5.41, 5.74) is 17.3. The van der Waals surface area contributed by atoms with Crippen LogP contribution in [0.4, 0.5) is 5.69 Å². The summed E-state index contributed by atoms with van der Waals surface area (Å²) in [6.45, 7) is 30.7. The Kier molecular flexibility index (Phi) is 18.0. The minimum Gasteiger partial charge on any atom is -0.748 e. The van der Waals surface area contributed by atoms with Crippen LogP contribution >= 0.6 is 7.92 Å². The molecule has 0 radical (unpaired) electrons. The van der Waals surface area contributed by atoms with E-state index in [9.17, 15) is 0 Å². The Morgan fingerprint density at radius 1 is 0.769 bits per heavy atom. The van der Waals surface area contributed by atoms with Gasteiger partial charge in [-0.25, -0.2) is 8.42 Å². The number of hydrogen-bond donors (Lipinski definition) is 1. The Bertz CT molecular complexity index is 1790. The van der Waals surface area contributed by atoms with Crippen LogP contribution in [-0.4, -0.2) is 36.6 Å². The van der Waals surface area contributed by atoms with Crippen LogP contribution in [0.5, 0.6) is 5.75 Å². The number of nitrogen functional groups attached to an aromatic ring is 1. The zero-order valence-corrected chi connectivity index (χ0v) is 37.3. The first kappa shape index (κ1) is 47.5. The van der Waals surface area contributed by atoms with Crippen molar-refractivity contribution >= 4 is 29.0 Å². The van der Waals surface area contributed by atoms with Crippen LogP contribution in [-0.2, 0) is 30.5 Å². The molecule has 0 amide bonds. The number of methoxy groups -OCH3 is 1. The Morgan fingerprint density at radius 2 is 1.25 bits per heavy atom. The van der Waals surface area contributed by atoms with Crippen LogP contribution in [0.1, 0.15) is 123 Å². The number of aryl methyl sites for hydroxylation is 1.